The molecule has 2 unspecified atom stereocenters. The quantitative estimate of drug-likeness (QED) is 0.161. The number of hydrogen-bond acceptors (Lipinski definition) is 6. The first kappa shape index (κ1) is 29.3. The lowest BCUT2D eigenvalue weighted by molar-refractivity contribution is -0.149. The van der Waals surface area contributed by atoms with Crippen LogP contribution < -0.4 is 4.74 Å². The number of esters is 3. The van der Waals surface area contributed by atoms with Crippen molar-refractivity contribution in [2.45, 2.75) is 53.2 Å². The van der Waals surface area contributed by atoms with Crippen molar-refractivity contribution in [2.24, 2.45) is 0 Å². The van der Waals surface area contributed by atoms with Crippen LogP contribution >= 0.6 is 0 Å². The number of aryl methyl sites for hydroxylation is 2. The van der Waals surface area contributed by atoms with E-state index < -0.39 is 30.1 Å². The highest BCUT2D eigenvalue weighted by Crippen LogP contribution is 2.45. The summed E-state index contributed by atoms with van der Waals surface area (Å²) in [5, 5.41) is 0. The maximum absolute atomic E-state index is 12.4. The van der Waals surface area contributed by atoms with E-state index in [1.807, 2.05) is 44.2 Å². The van der Waals surface area contributed by atoms with Crippen molar-refractivity contribution in [1.82, 2.24) is 0 Å². The van der Waals surface area contributed by atoms with Gasteiger partial charge in [0.1, 0.15) is 18.0 Å². The average molecular weight is 551 g/mol. The summed E-state index contributed by atoms with van der Waals surface area (Å²) in [6, 6.07) is 17.6. The minimum Gasteiger partial charge on any atom is -0.454 e. The highest BCUT2D eigenvalue weighted by atomic mass is 16.6. The summed E-state index contributed by atoms with van der Waals surface area (Å²) in [6.07, 6.45) is -0.796. The predicted molar refractivity (Wildman–Crippen MR) is 159 cm³/mol. The Labute approximate surface area is 241 Å². The van der Waals surface area contributed by atoms with Crippen LogP contribution in [0.5, 0.6) is 5.75 Å². The molecule has 3 aromatic carbocycles. The van der Waals surface area contributed by atoms with Crippen molar-refractivity contribution in [1.29, 1.82) is 0 Å². The highest BCUT2D eigenvalue weighted by Gasteiger charge is 2.36. The zero-order valence-electron chi connectivity index (χ0n) is 24.1. The van der Waals surface area contributed by atoms with Crippen LogP contribution in [-0.2, 0) is 23.9 Å². The van der Waals surface area contributed by atoms with E-state index in [4.69, 9.17) is 14.2 Å². The lowest BCUT2D eigenvalue weighted by Crippen LogP contribution is -2.12. The molecule has 0 radical (unpaired) electrons. The summed E-state index contributed by atoms with van der Waals surface area (Å²) in [6.45, 7) is 19.9. The Morgan fingerprint density at radius 2 is 1.10 bits per heavy atom. The molecule has 0 saturated heterocycles. The van der Waals surface area contributed by atoms with Gasteiger partial charge >= 0.3 is 17.9 Å². The van der Waals surface area contributed by atoms with E-state index in [1.54, 1.807) is 32.9 Å². The molecule has 0 amide bonds. The molecular formula is C35H34O6. The second-order valence-electron chi connectivity index (χ2n) is 10.6. The fourth-order valence-corrected chi connectivity index (χ4v) is 4.78. The molecule has 0 heterocycles. The summed E-state index contributed by atoms with van der Waals surface area (Å²) in [5.41, 5.74) is 8.73. The maximum Gasteiger partial charge on any atom is 0.338 e. The van der Waals surface area contributed by atoms with Crippen LogP contribution in [0.3, 0.4) is 0 Å². The number of fused-ring (bicyclic) bond motifs is 1. The molecule has 4 rings (SSSR count). The SMILES string of the molecule is C=C(C)C(=O)Oc1ccc(-c2cc(C)c(-c3ccc4c(c3)C(OC(=O)C(=C)C)CC4OC(=O)C(=C)C)cc2C)cc1. The van der Waals surface area contributed by atoms with Crippen LogP contribution in [0.15, 0.2) is 91.1 Å². The number of ether oxygens (including phenoxy) is 3. The molecule has 3 aromatic rings. The first-order chi connectivity index (χ1) is 19.3. The fraction of sp³-hybridized carbons (Fsp3) is 0.229. The van der Waals surface area contributed by atoms with Crippen LogP contribution in [0.4, 0.5) is 0 Å². The number of carbonyl (C=O) groups excluding carboxylic acids is 3. The Hall–Kier alpha value is -4.71. The van der Waals surface area contributed by atoms with Gasteiger partial charge in [-0.3, -0.25) is 0 Å². The molecule has 0 spiro atoms. The molecule has 6 heteroatoms. The van der Waals surface area contributed by atoms with Crippen LogP contribution in [0.1, 0.15) is 61.7 Å². The van der Waals surface area contributed by atoms with Crippen molar-refractivity contribution in [2.75, 3.05) is 0 Å². The Morgan fingerprint density at radius 1 is 0.634 bits per heavy atom. The maximum atomic E-state index is 12.4. The summed E-state index contributed by atoms with van der Waals surface area (Å²) >= 11 is 0. The van der Waals surface area contributed by atoms with Gasteiger partial charge in [-0.15, -0.1) is 0 Å². The van der Waals surface area contributed by atoms with Crippen LogP contribution in [0, 0.1) is 13.8 Å². The van der Waals surface area contributed by atoms with Crippen LogP contribution in [0.25, 0.3) is 22.3 Å². The molecule has 0 bridgehead atoms. The third-order valence-corrected chi connectivity index (χ3v) is 7.01. The zero-order valence-corrected chi connectivity index (χ0v) is 24.1. The Morgan fingerprint density at radius 3 is 1.61 bits per heavy atom. The topological polar surface area (TPSA) is 78.9 Å². The van der Waals surface area contributed by atoms with Crippen molar-refractivity contribution < 1.29 is 28.6 Å². The molecule has 2 atom stereocenters. The number of carbonyl (C=O) groups is 3. The minimum absolute atomic E-state index is 0.300. The van der Waals surface area contributed by atoms with E-state index in [2.05, 4.69) is 31.9 Å². The van der Waals surface area contributed by atoms with Crippen molar-refractivity contribution in [3.05, 3.63) is 113 Å². The summed E-state index contributed by atoms with van der Waals surface area (Å²) < 4.78 is 16.7. The molecule has 6 nitrogen and oxygen atoms in total. The van der Waals surface area contributed by atoms with E-state index in [0.29, 0.717) is 28.9 Å². The fourth-order valence-electron chi connectivity index (χ4n) is 4.78. The van der Waals surface area contributed by atoms with E-state index >= 15 is 0 Å². The number of hydrogen-bond donors (Lipinski definition) is 0. The molecule has 0 aromatic heterocycles. The van der Waals surface area contributed by atoms with Crippen LogP contribution in [0.2, 0.25) is 0 Å². The second-order valence-corrected chi connectivity index (χ2v) is 10.6. The van der Waals surface area contributed by atoms with Gasteiger partial charge in [0.15, 0.2) is 0 Å². The van der Waals surface area contributed by atoms with Gasteiger partial charge in [-0.1, -0.05) is 56.1 Å². The van der Waals surface area contributed by atoms with Crippen molar-refractivity contribution in [3.8, 4) is 28.0 Å². The van der Waals surface area contributed by atoms with Crippen molar-refractivity contribution in [3.63, 3.8) is 0 Å². The van der Waals surface area contributed by atoms with Gasteiger partial charge in [-0.2, -0.15) is 0 Å². The molecule has 0 N–H and O–H groups in total. The third kappa shape index (κ3) is 6.38. The molecule has 0 fully saturated rings. The molecule has 0 saturated carbocycles. The monoisotopic (exact) mass is 550 g/mol. The average Bonchev–Trinajstić information content (AvgIpc) is 3.25. The van der Waals surface area contributed by atoms with E-state index in [1.165, 1.54) is 0 Å². The standard InChI is InChI=1S/C35H34O6/c1-19(2)33(36)39-26-12-9-24(10-13-26)28-15-23(8)29(16-22(28)7)25-11-14-27-30(17-25)32(41-35(38)21(5)6)18-31(27)40-34(37)20(3)4/h9-17,31-32H,1,3,5,18H2,2,4,6-8H3. The first-order valence-electron chi connectivity index (χ1n) is 13.3. The summed E-state index contributed by atoms with van der Waals surface area (Å²) in [7, 11) is 0. The zero-order chi connectivity index (χ0) is 30.0. The smallest absolute Gasteiger partial charge is 0.338 e. The van der Waals surface area contributed by atoms with E-state index in [9.17, 15) is 14.4 Å². The highest BCUT2D eigenvalue weighted by molar-refractivity contribution is 5.89. The molecule has 210 valence electrons. The van der Waals surface area contributed by atoms with E-state index in [-0.39, 0.29) is 0 Å². The number of benzene rings is 3. The number of rotatable bonds is 8. The Balaban J connectivity index is 1.67. The minimum atomic E-state index is -0.574. The van der Waals surface area contributed by atoms with Crippen molar-refractivity contribution >= 4 is 17.9 Å². The lowest BCUT2D eigenvalue weighted by atomic mass is 9.90. The predicted octanol–water partition coefficient (Wildman–Crippen LogP) is 7.84. The largest absolute Gasteiger partial charge is 0.454 e. The second kappa shape index (κ2) is 11.8. The first-order valence-corrected chi connectivity index (χ1v) is 13.3. The molecule has 41 heavy (non-hydrogen) atoms. The van der Waals surface area contributed by atoms with Gasteiger partial charge in [0.25, 0.3) is 0 Å². The Kier molecular flexibility index (Phi) is 8.43. The Bertz CT molecular complexity index is 1590. The molecular weight excluding hydrogens is 516 g/mol. The lowest BCUT2D eigenvalue weighted by Gasteiger charge is -2.16. The van der Waals surface area contributed by atoms with Gasteiger partial charge in [0, 0.05) is 28.7 Å². The van der Waals surface area contributed by atoms with Gasteiger partial charge in [0.05, 0.1) is 0 Å². The molecule has 1 aliphatic carbocycles. The van der Waals surface area contributed by atoms with Crippen LogP contribution in [-0.4, -0.2) is 17.9 Å². The molecule has 0 aliphatic heterocycles. The summed E-state index contributed by atoms with van der Waals surface area (Å²) in [5.74, 6) is -0.976. The third-order valence-electron chi connectivity index (χ3n) is 7.01. The van der Waals surface area contributed by atoms with Gasteiger partial charge < -0.3 is 14.2 Å². The van der Waals surface area contributed by atoms with Gasteiger partial charge in [-0.05, 0) is 91.8 Å². The molecule has 1 aliphatic rings. The van der Waals surface area contributed by atoms with Gasteiger partial charge in [0.2, 0.25) is 0 Å². The summed E-state index contributed by atoms with van der Waals surface area (Å²) in [4.78, 5) is 36.5. The van der Waals surface area contributed by atoms with Gasteiger partial charge in [-0.25, -0.2) is 14.4 Å². The van der Waals surface area contributed by atoms with E-state index in [0.717, 1.165) is 44.5 Å². The normalized spacial score (nSPS) is 15.4.